The van der Waals surface area contributed by atoms with Crippen molar-refractivity contribution in [2.24, 2.45) is 10.7 Å². The maximum Gasteiger partial charge on any atom is 0.220 e. The number of fused-ring (bicyclic) bond motifs is 11. The van der Waals surface area contributed by atoms with E-state index in [9.17, 15) is 0 Å². The third-order valence-electron chi connectivity index (χ3n) is 10.2. The van der Waals surface area contributed by atoms with E-state index in [1.54, 1.807) is 0 Å². The zero-order valence-electron chi connectivity index (χ0n) is 28.1. The Balaban J connectivity index is 1.06. The minimum atomic E-state index is 0.0862. The molecule has 53 heavy (non-hydrogen) atoms. The molecule has 7 aromatic carbocycles. The number of nitrogens with two attached hydrogens (primary N) is 1. The molecule has 0 fully saturated rings. The van der Waals surface area contributed by atoms with Crippen molar-refractivity contribution in [3.63, 3.8) is 0 Å². The minimum Gasteiger partial charge on any atom is -0.456 e. The van der Waals surface area contributed by atoms with Crippen molar-refractivity contribution in [2.45, 2.75) is 0 Å². The topological polar surface area (TPSA) is 111 Å². The molecule has 0 bridgehead atoms. The average Bonchev–Trinajstić information content (AvgIpc) is 3.95. The van der Waals surface area contributed by atoms with Crippen molar-refractivity contribution in [3.05, 3.63) is 163 Å². The number of aromatic nitrogens is 3. The van der Waals surface area contributed by atoms with E-state index in [1.807, 2.05) is 78.9 Å². The highest BCUT2D eigenvalue weighted by Crippen LogP contribution is 2.40. The molecule has 0 radical (unpaired) electrons. The van der Waals surface area contributed by atoms with Crippen molar-refractivity contribution in [1.29, 1.82) is 5.41 Å². The van der Waals surface area contributed by atoms with Gasteiger partial charge in [-0.1, -0.05) is 72.8 Å². The Morgan fingerprint density at radius 3 is 2.02 bits per heavy atom. The Bertz CT molecular complexity index is 3320. The van der Waals surface area contributed by atoms with E-state index < -0.39 is 0 Å². The molecule has 0 atom stereocenters. The van der Waals surface area contributed by atoms with Gasteiger partial charge in [-0.05, 0) is 90.0 Å². The molecule has 0 aliphatic rings. The lowest BCUT2D eigenvalue weighted by atomic mass is 10.00. The van der Waals surface area contributed by atoms with Crippen LogP contribution in [0.1, 0.15) is 11.1 Å². The number of furan rings is 2. The Kier molecular flexibility index (Phi) is 6.09. The summed E-state index contributed by atoms with van der Waals surface area (Å²) < 4.78 is 17.2. The Morgan fingerprint density at radius 1 is 0.566 bits per heavy atom. The summed E-state index contributed by atoms with van der Waals surface area (Å²) >= 11 is 0. The zero-order valence-corrected chi connectivity index (χ0v) is 28.1. The summed E-state index contributed by atoms with van der Waals surface area (Å²) in [5, 5.41) is 12.6. The Hall–Kier alpha value is -7.45. The first-order chi connectivity index (χ1) is 26.1. The number of aliphatic imine (C=N–C) groups is 1. The number of imidazole rings is 2. The number of hydrogen-bond donors (Lipinski definition) is 2. The monoisotopic (exact) mass is 684 g/mol. The fourth-order valence-corrected chi connectivity index (χ4v) is 7.73. The predicted molar refractivity (Wildman–Crippen MR) is 214 cm³/mol. The smallest absolute Gasteiger partial charge is 0.220 e. The molecule has 0 saturated carbocycles. The van der Waals surface area contributed by atoms with E-state index >= 15 is 0 Å². The molecule has 0 amide bonds. The molecule has 0 aliphatic carbocycles. The van der Waals surface area contributed by atoms with E-state index in [0.717, 1.165) is 94.1 Å². The number of nitrogens with one attached hydrogen (secondary N) is 1. The lowest BCUT2D eigenvalue weighted by Crippen LogP contribution is -2.15. The molecule has 0 spiro atoms. The highest BCUT2D eigenvalue weighted by atomic mass is 16.3. The summed E-state index contributed by atoms with van der Waals surface area (Å²) in [6.07, 6.45) is 0. The minimum absolute atomic E-state index is 0.0862. The lowest BCUT2D eigenvalue weighted by molar-refractivity contribution is 0.668. The lowest BCUT2D eigenvalue weighted by Gasteiger charge is -2.08. The van der Waals surface area contributed by atoms with Crippen molar-refractivity contribution in [3.8, 4) is 16.8 Å². The second-order valence-electron chi connectivity index (χ2n) is 13.3. The van der Waals surface area contributed by atoms with Crippen LogP contribution in [0.25, 0.3) is 88.5 Å². The number of hydrogen-bond acceptors (Lipinski definition) is 4. The van der Waals surface area contributed by atoms with Crippen molar-refractivity contribution in [2.75, 3.05) is 0 Å². The molecular formula is C45H28N6O2. The van der Waals surface area contributed by atoms with Crippen LogP contribution in [-0.4, -0.2) is 25.6 Å². The molecule has 11 aromatic rings. The number of benzene rings is 7. The van der Waals surface area contributed by atoms with Crippen LogP contribution in [-0.2, 0) is 0 Å². The van der Waals surface area contributed by atoms with Crippen molar-refractivity contribution >= 4 is 83.4 Å². The Labute approximate surface area is 301 Å². The van der Waals surface area contributed by atoms with Crippen LogP contribution in [0.15, 0.2) is 165 Å². The predicted octanol–water partition coefficient (Wildman–Crippen LogP) is 10.6. The summed E-state index contributed by atoms with van der Waals surface area (Å²) in [7, 11) is 0. The van der Waals surface area contributed by atoms with Gasteiger partial charge in [0.25, 0.3) is 0 Å². The molecule has 8 heteroatoms. The van der Waals surface area contributed by atoms with Gasteiger partial charge >= 0.3 is 0 Å². The molecule has 4 heterocycles. The normalized spacial score (nSPS) is 12.4. The largest absolute Gasteiger partial charge is 0.456 e. The number of nitrogens with zero attached hydrogens (tertiary/aromatic N) is 4. The fraction of sp³-hybridized carbons (Fsp3) is 0. The van der Waals surface area contributed by atoms with Crippen LogP contribution in [0.5, 0.6) is 0 Å². The van der Waals surface area contributed by atoms with Gasteiger partial charge in [0.15, 0.2) is 5.84 Å². The highest BCUT2D eigenvalue weighted by molar-refractivity contribution is 6.14. The number of rotatable bonds is 4. The molecule has 0 aliphatic heterocycles. The first-order valence-electron chi connectivity index (χ1n) is 17.4. The quantitative estimate of drug-likeness (QED) is 0.142. The van der Waals surface area contributed by atoms with Gasteiger partial charge in [-0.25, -0.2) is 9.98 Å². The summed E-state index contributed by atoms with van der Waals surface area (Å²) in [6, 6.07) is 50.7. The second kappa shape index (κ2) is 11.0. The third kappa shape index (κ3) is 4.39. The van der Waals surface area contributed by atoms with Gasteiger partial charge < -0.3 is 14.6 Å². The van der Waals surface area contributed by atoms with Gasteiger partial charge in [0.05, 0.1) is 33.1 Å². The summed E-state index contributed by atoms with van der Waals surface area (Å²) in [6.45, 7) is 0. The average molecular weight is 685 g/mol. The summed E-state index contributed by atoms with van der Waals surface area (Å²) in [5.41, 5.74) is 18.1. The SMILES string of the molecule is N=C(N=C(N)c1ccccc1)c1ccc2oc3ccc(-c4ccc5oc6cccc(-n7c8ccccc8n8c9ccccc9nc78)c6c5c4)cc3c2c1. The molecule has 250 valence electrons. The summed E-state index contributed by atoms with van der Waals surface area (Å²) in [4.78, 5) is 9.52. The van der Waals surface area contributed by atoms with Crippen molar-refractivity contribution < 1.29 is 8.83 Å². The molecule has 0 saturated heterocycles. The van der Waals surface area contributed by atoms with Crippen LogP contribution < -0.4 is 5.73 Å². The van der Waals surface area contributed by atoms with Gasteiger partial charge in [0.1, 0.15) is 28.2 Å². The first kappa shape index (κ1) is 29.3. The van der Waals surface area contributed by atoms with Gasteiger partial charge in [-0.3, -0.25) is 14.4 Å². The van der Waals surface area contributed by atoms with Crippen LogP contribution in [0, 0.1) is 5.41 Å². The van der Waals surface area contributed by atoms with Crippen LogP contribution in [0.2, 0.25) is 0 Å². The van der Waals surface area contributed by atoms with Gasteiger partial charge in [-0.15, -0.1) is 0 Å². The van der Waals surface area contributed by atoms with Crippen LogP contribution in [0.3, 0.4) is 0 Å². The first-order valence-corrected chi connectivity index (χ1v) is 17.4. The van der Waals surface area contributed by atoms with Crippen LogP contribution in [0.4, 0.5) is 0 Å². The van der Waals surface area contributed by atoms with Gasteiger partial charge in [-0.2, -0.15) is 0 Å². The number of para-hydroxylation sites is 4. The second-order valence-corrected chi connectivity index (χ2v) is 13.3. The maximum absolute atomic E-state index is 8.72. The highest BCUT2D eigenvalue weighted by Gasteiger charge is 2.21. The third-order valence-corrected chi connectivity index (χ3v) is 10.2. The fourth-order valence-electron chi connectivity index (χ4n) is 7.73. The number of amidine groups is 2. The van der Waals surface area contributed by atoms with Crippen LogP contribution >= 0.6 is 0 Å². The summed E-state index contributed by atoms with van der Waals surface area (Å²) in [5.74, 6) is 1.24. The molecule has 11 rings (SSSR count). The Morgan fingerprint density at radius 2 is 1.21 bits per heavy atom. The van der Waals surface area contributed by atoms with Gasteiger partial charge in [0.2, 0.25) is 5.78 Å². The van der Waals surface area contributed by atoms with E-state index in [1.165, 1.54) is 0 Å². The van der Waals surface area contributed by atoms with Gasteiger partial charge in [0, 0.05) is 27.3 Å². The molecule has 0 unspecified atom stereocenters. The molecule has 4 aromatic heterocycles. The standard InChI is InChI=1S/C45H28N6O2/c46-43(26-9-2-1-3-10-26)49-44(47)29-19-22-39-31(25-29)30-23-27(17-20-38(30)52-39)28-18-21-40-32(24-28)42-37(15-8-16-41(42)53-40)51-36-14-7-6-13-35(36)50-34-12-5-4-11-33(34)48-45(50)51/h1-25H,(H3,46,47,49). The van der Waals surface area contributed by atoms with E-state index in [-0.39, 0.29) is 5.84 Å². The molecular weight excluding hydrogens is 657 g/mol. The van der Waals surface area contributed by atoms with E-state index in [4.69, 9.17) is 25.0 Å². The maximum atomic E-state index is 8.72. The van der Waals surface area contributed by atoms with E-state index in [2.05, 4.69) is 86.8 Å². The van der Waals surface area contributed by atoms with E-state index in [0.29, 0.717) is 11.4 Å². The molecule has 3 N–H and O–H groups in total. The zero-order chi connectivity index (χ0) is 35.2. The molecule has 8 nitrogen and oxygen atoms in total. The van der Waals surface area contributed by atoms with Crippen molar-refractivity contribution in [1.82, 2.24) is 14.0 Å².